The molecule has 0 spiro atoms. The predicted molar refractivity (Wildman–Crippen MR) is 64.9 cm³/mol. The molecule has 1 aromatic heterocycles. The van der Waals surface area contributed by atoms with Crippen molar-refractivity contribution in [2.45, 2.75) is 46.2 Å². The lowest BCUT2D eigenvalue weighted by Crippen LogP contribution is -2.37. The Morgan fingerprint density at radius 3 is 2.50 bits per heavy atom. The Hall–Kier alpha value is -0.340. The fourth-order valence-electron chi connectivity index (χ4n) is 1.61. The Bertz CT molecular complexity index is 241. The van der Waals surface area contributed by atoms with Crippen molar-refractivity contribution in [1.82, 2.24) is 5.32 Å². The lowest BCUT2D eigenvalue weighted by atomic mass is 9.98. The summed E-state index contributed by atoms with van der Waals surface area (Å²) in [6.45, 7) is 9.00. The van der Waals surface area contributed by atoms with E-state index in [-0.39, 0.29) is 0 Å². The van der Waals surface area contributed by atoms with E-state index < -0.39 is 0 Å². The molecule has 0 fully saturated rings. The summed E-state index contributed by atoms with van der Waals surface area (Å²) in [5, 5.41) is 5.71. The molecule has 2 heteroatoms. The minimum atomic E-state index is 0.579. The molecular weight excluding hydrogens is 190 g/mol. The summed E-state index contributed by atoms with van der Waals surface area (Å²) in [4.78, 5) is 1.50. The summed E-state index contributed by atoms with van der Waals surface area (Å²) in [5.41, 5.74) is 0. The van der Waals surface area contributed by atoms with Gasteiger partial charge in [0.05, 0.1) is 0 Å². The molecule has 80 valence electrons. The average Bonchev–Trinajstić information content (AvgIpc) is 2.55. The molecule has 2 unspecified atom stereocenters. The van der Waals surface area contributed by atoms with Gasteiger partial charge in [-0.1, -0.05) is 26.8 Å². The highest BCUT2D eigenvalue weighted by atomic mass is 32.1. The second-order valence-corrected chi connectivity index (χ2v) is 5.40. The Morgan fingerprint density at radius 1 is 1.29 bits per heavy atom. The molecule has 0 aliphatic carbocycles. The van der Waals surface area contributed by atoms with Crippen molar-refractivity contribution >= 4 is 11.3 Å². The van der Waals surface area contributed by atoms with Crippen LogP contribution in [-0.4, -0.2) is 12.1 Å². The molecule has 1 N–H and O–H groups in total. The van der Waals surface area contributed by atoms with Crippen LogP contribution in [0.3, 0.4) is 0 Å². The third-order valence-corrected chi connectivity index (χ3v) is 3.45. The molecule has 0 saturated heterocycles. The first-order valence-electron chi connectivity index (χ1n) is 5.38. The maximum Gasteiger partial charge on any atom is 0.00701 e. The van der Waals surface area contributed by atoms with Gasteiger partial charge >= 0.3 is 0 Å². The van der Waals surface area contributed by atoms with Gasteiger partial charge in [-0.3, -0.25) is 0 Å². The van der Waals surface area contributed by atoms with Crippen molar-refractivity contribution in [3.63, 3.8) is 0 Å². The Morgan fingerprint density at radius 2 is 2.00 bits per heavy atom. The molecule has 0 aromatic carbocycles. The van der Waals surface area contributed by atoms with Crippen molar-refractivity contribution < 1.29 is 0 Å². The van der Waals surface area contributed by atoms with Gasteiger partial charge in [0.15, 0.2) is 0 Å². The minimum Gasteiger partial charge on any atom is -0.312 e. The second-order valence-electron chi connectivity index (χ2n) is 4.37. The van der Waals surface area contributed by atoms with Crippen LogP contribution in [0.5, 0.6) is 0 Å². The molecule has 2 atom stereocenters. The summed E-state index contributed by atoms with van der Waals surface area (Å²) in [7, 11) is 0. The highest BCUT2D eigenvalue weighted by Crippen LogP contribution is 2.16. The fraction of sp³-hybridized carbons (Fsp3) is 0.667. The van der Waals surface area contributed by atoms with Crippen molar-refractivity contribution in [3.8, 4) is 0 Å². The Labute approximate surface area is 91.5 Å². The largest absolute Gasteiger partial charge is 0.312 e. The maximum atomic E-state index is 3.56. The lowest BCUT2D eigenvalue weighted by Gasteiger charge is -2.23. The zero-order valence-corrected chi connectivity index (χ0v) is 10.4. The molecule has 0 bridgehead atoms. The van der Waals surface area contributed by atoms with Crippen molar-refractivity contribution in [2.75, 3.05) is 0 Å². The monoisotopic (exact) mass is 211 g/mol. The van der Waals surface area contributed by atoms with Crippen LogP contribution in [0.4, 0.5) is 0 Å². The van der Waals surface area contributed by atoms with E-state index in [1.54, 1.807) is 0 Å². The van der Waals surface area contributed by atoms with E-state index in [2.05, 4.69) is 50.5 Å². The van der Waals surface area contributed by atoms with Crippen LogP contribution in [0, 0.1) is 5.92 Å². The van der Waals surface area contributed by atoms with Gasteiger partial charge in [0.1, 0.15) is 0 Å². The van der Waals surface area contributed by atoms with Crippen LogP contribution in [0.2, 0.25) is 0 Å². The smallest absolute Gasteiger partial charge is 0.00701 e. The van der Waals surface area contributed by atoms with Crippen LogP contribution in [0.1, 0.15) is 32.6 Å². The lowest BCUT2D eigenvalue weighted by molar-refractivity contribution is 0.373. The zero-order valence-electron chi connectivity index (χ0n) is 9.58. The summed E-state index contributed by atoms with van der Waals surface area (Å²) >= 11 is 1.86. The highest BCUT2D eigenvalue weighted by Gasteiger charge is 2.13. The minimum absolute atomic E-state index is 0.579. The summed E-state index contributed by atoms with van der Waals surface area (Å²) in [6.07, 6.45) is 1.19. The standard InChI is InChI=1S/C12H21NS/c1-9(2)13-11(4)10(3)8-12-6-5-7-14-12/h5-7,9-11,13H,8H2,1-4H3. The predicted octanol–water partition coefficient (Wildman–Crippen LogP) is 3.31. The van der Waals surface area contributed by atoms with Crippen LogP contribution < -0.4 is 5.32 Å². The molecule has 0 amide bonds. The van der Waals surface area contributed by atoms with Gasteiger partial charge in [0, 0.05) is 17.0 Å². The van der Waals surface area contributed by atoms with Gasteiger partial charge in [-0.25, -0.2) is 0 Å². The molecule has 14 heavy (non-hydrogen) atoms. The molecule has 0 aliphatic heterocycles. The van der Waals surface area contributed by atoms with E-state index in [9.17, 15) is 0 Å². The summed E-state index contributed by atoms with van der Waals surface area (Å²) in [5.74, 6) is 0.705. The van der Waals surface area contributed by atoms with Gasteiger partial charge in [-0.05, 0) is 30.7 Å². The number of hydrogen-bond donors (Lipinski definition) is 1. The summed E-state index contributed by atoms with van der Waals surface area (Å²) in [6, 6.07) is 5.53. The SMILES string of the molecule is CC(C)NC(C)C(C)Cc1cccs1. The first-order chi connectivity index (χ1) is 6.59. The molecule has 1 rings (SSSR count). The fourth-order valence-corrected chi connectivity index (χ4v) is 2.46. The third-order valence-electron chi connectivity index (χ3n) is 2.55. The number of nitrogens with one attached hydrogen (secondary N) is 1. The van der Waals surface area contributed by atoms with Crippen molar-refractivity contribution in [1.29, 1.82) is 0 Å². The van der Waals surface area contributed by atoms with E-state index in [1.165, 1.54) is 11.3 Å². The molecule has 1 heterocycles. The molecule has 0 saturated carbocycles. The van der Waals surface area contributed by atoms with Crippen LogP contribution in [-0.2, 0) is 6.42 Å². The first kappa shape index (κ1) is 11.7. The van der Waals surface area contributed by atoms with Crippen LogP contribution in [0.25, 0.3) is 0 Å². The zero-order chi connectivity index (χ0) is 10.6. The number of hydrogen-bond acceptors (Lipinski definition) is 2. The van der Waals surface area contributed by atoms with Crippen LogP contribution >= 0.6 is 11.3 Å². The first-order valence-corrected chi connectivity index (χ1v) is 6.26. The molecule has 0 aliphatic rings. The number of rotatable bonds is 5. The van der Waals surface area contributed by atoms with E-state index in [0.29, 0.717) is 18.0 Å². The average molecular weight is 211 g/mol. The molecular formula is C12H21NS. The van der Waals surface area contributed by atoms with Crippen LogP contribution in [0.15, 0.2) is 17.5 Å². The van der Waals surface area contributed by atoms with Gasteiger partial charge in [0.2, 0.25) is 0 Å². The topological polar surface area (TPSA) is 12.0 Å². The Kier molecular flexibility index (Phi) is 4.63. The van der Waals surface area contributed by atoms with E-state index in [0.717, 1.165) is 0 Å². The van der Waals surface area contributed by atoms with Gasteiger partial charge in [0.25, 0.3) is 0 Å². The third kappa shape index (κ3) is 3.81. The quantitative estimate of drug-likeness (QED) is 0.788. The summed E-state index contributed by atoms with van der Waals surface area (Å²) < 4.78 is 0. The van der Waals surface area contributed by atoms with E-state index >= 15 is 0 Å². The van der Waals surface area contributed by atoms with Crippen molar-refractivity contribution in [2.24, 2.45) is 5.92 Å². The van der Waals surface area contributed by atoms with Gasteiger partial charge < -0.3 is 5.32 Å². The second kappa shape index (κ2) is 5.52. The molecule has 0 radical (unpaired) electrons. The van der Waals surface area contributed by atoms with Gasteiger partial charge in [-0.15, -0.1) is 11.3 Å². The van der Waals surface area contributed by atoms with E-state index in [1.807, 2.05) is 11.3 Å². The van der Waals surface area contributed by atoms with E-state index in [4.69, 9.17) is 0 Å². The number of thiophene rings is 1. The van der Waals surface area contributed by atoms with Crippen molar-refractivity contribution in [3.05, 3.63) is 22.4 Å². The highest BCUT2D eigenvalue weighted by molar-refractivity contribution is 7.09. The van der Waals surface area contributed by atoms with Gasteiger partial charge in [-0.2, -0.15) is 0 Å². The maximum absolute atomic E-state index is 3.56. The normalized spacial score (nSPS) is 15.8. The molecule has 1 aromatic rings. The molecule has 1 nitrogen and oxygen atoms in total. The Balaban J connectivity index is 2.37.